The molecule has 0 spiro atoms. The molecule has 174 valence electrons. The fourth-order valence-electron chi connectivity index (χ4n) is 3.37. The molecule has 32 heavy (non-hydrogen) atoms. The van der Waals surface area contributed by atoms with Crippen LogP contribution in [0.25, 0.3) is 10.2 Å². The Hall–Kier alpha value is -2.20. The molecule has 0 aliphatic heterocycles. The molecular formula is C22H28ClN3O4S2. The Bertz CT molecular complexity index is 1180. The van der Waals surface area contributed by atoms with E-state index in [2.05, 4.69) is 23.7 Å². The van der Waals surface area contributed by atoms with E-state index in [1.807, 2.05) is 18.2 Å². The third kappa shape index (κ3) is 5.58. The highest BCUT2D eigenvalue weighted by molar-refractivity contribution is 7.90. The van der Waals surface area contributed by atoms with E-state index in [9.17, 15) is 13.2 Å². The fraction of sp³-hybridized carbons (Fsp3) is 0.364. The number of aromatic nitrogens is 1. The summed E-state index contributed by atoms with van der Waals surface area (Å²) in [4.78, 5) is 22.1. The Kier molecular flexibility index (Phi) is 9.03. The van der Waals surface area contributed by atoms with Crippen molar-refractivity contribution in [1.82, 2.24) is 9.88 Å². The number of methoxy groups -OCH3 is 1. The minimum absolute atomic E-state index is 0. The van der Waals surface area contributed by atoms with Crippen LogP contribution in [0.2, 0.25) is 0 Å². The second-order valence-corrected chi connectivity index (χ2v) is 10.0. The van der Waals surface area contributed by atoms with Gasteiger partial charge in [0.2, 0.25) is 0 Å². The first-order valence-corrected chi connectivity index (χ1v) is 12.8. The summed E-state index contributed by atoms with van der Waals surface area (Å²) in [5.41, 5.74) is 0.831. The van der Waals surface area contributed by atoms with E-state index in [1.54, 1.807) is 30.2 Å². The van der Waals surface area contributed by atoms with E-state index in [4.69, 9.17) is 4.74 Å². The van der Waals surface area contributed by atoms with Crippen molar-refractivity contribution in [2.75, 3.05) is 44.4 Å². The molecular weight excluding hydrogens is 470 g/mol. The zero-order chi connectivity index (χ0) is 22.6. The summed E-state index contributed by atoms with van der Waals surface area (Å²) in [5.74, 6) is 0.249. The quantitative estimate of drug-likeness (QED) is 0.442. The number of rotatable bonds is 9. The maximum atomic E-state index is 13.6. The minimum Gasteiger partial charge on any atom is -0.494 e. The highest BCUT2D eigenvalue weighted by Gasteiger charge is 2.26. The Labute approximate surface area is 199 Å². The summed E-state index contributed by atoms with van der Waals surface area (Å²) < 4.78 is 30.9. The number of benzene rings is 2. The molecule has 0 atom stereocenters. The van der Waals surface area contributed by atoms with Crippen LogP contribution in [-0.4, -0.2) is 63.8 Å². The third-order valence-corrected chi connectivity index (χ3v) is 7.32. The van der Waals surface area contributed by atoms with Gasteiger partial charge < -0.3 is 9.64 Å². The van der Waals surface area contributed by atoms with Crippen LogP contribution >= 0.6 is 23.7 Å². The van der Waals surface area contributed by atoms with Gasteiger partial charge in [-0.2, -0.15) is 0 Å². The lowest BCUT2D eigenvalue weighted by molar-refractivity contribution is 0.0980. The molecule has 10 heteroatoms. The first kappa shape index (κ1) is 26.1. The number of fused-ring (bicyclic) bond motifs is 1. The molecule has 3 rings (SSSR count). The number of nitrogens with zero attached hydrogens (tertiary/aromatic N) is 3. The molecule has 0 aliphatic rings. The van der Waals surface area contributed by atoms with Crippen molar-refractivity contribution in [3.63, 3.8) is 0 Å². The van der Waals surface area contributed by atoms with Crippen LogP contribution in [0.3, 0.4) is 0 Å². The molecule has 0 saturated carbocycles. The van der Waals surface area contributed by atoms with Gasteiger partial charge in [0.25, 0.3) is 5.91 Å². The molecule has 7 nitrogen and oxygen atoms in total. The molecule has 0 aliphatic carbocycles. The average Bonchev–Trinajstić information content (AvgIpc) is 3.19. The van der Waals surface area contributed by atoms with Crippen LogP contribution in [0.1, 0.15) is 24.2 Å². The summed E-state index contributed by atoms with van der Waals surface area (Å²) in [6, 6.07) is 11.9. The van der Waals surface area contributed by atoms with E-state index < -0.39 is 9.84 Å². The van der Waals surface area contributed by atoms with Gasteiger partial charge in [-0.25, -0.2) is 13.4 Å². The maximum absolute atomic E-state index is 13.6. The number of hydrogen-bond donors (Lipinski definition) is 0. The van der Waals surface area contributed by atoms with Crippen LogP contribution < -0.4 is 9.64 Å². The number of carbonyl (C=O) groups is 1. The van der Waals surface area contributed by atoms with Gasteiger partial charge in [-0.05, 0) is 37.4 Å². The Balaban J connectivity index is 0.00000363. The smallest absolute Gasteiger partial charge is 0.261 e. The lowest BCUT2D eigenvalue weighted by Crippen LogP contribution is -2.39. The molecule has 3 aromatic rings. The number of likely N-dealkylation sites (N-methyl/N-ethyl adjacent to an activating group) is 1. The average molecular weight is 498 g/mol. The first-order chi connectivity index (χ1) is 14.8. The Morgan fingerprint density at radius 3 is 2.38 bits per heavy atom. The van der Waals surface area contributed by atoms with E-state index >= 15 is 0 Å². The van der Waals surface area contributed by atoms with Gasteiger partial charge in [0.15, 0.2) is 15.0 Å². The summed E-state index contributed by atoms with van der Waals surface area (Å²) >= 11 is 1.38. The number of para-hydroxylation sites is 1. The highest BCUT2D eigenvalue weighted by atomic mass is 35.5. The molecule has 1 heterocycles. The standard InChI is InChI=1S/C22H27N3O4S2.ClH/c1-5-24(6-2)14-15-25(21(26)16-10-7-8-13-19(16)31(4,27)28)22-23-20-17(29-3)11-9-12-18(20)30-22;/h7-13H,5-6,14-15H2,1-4H3;1H. The molecule has 0 bridgehead atoms. The molecule has 2 aromatic carbocycles. The number of carbonyl (C=O) groups excluding carboxylic acids is 1. The number of sulfone groups is 1. The predicted octanol–water partition coefficient (Wildman–Crippen LogP) is 4.12. The summed E-state index contributed by atoms with van der Waals surface area (Å²) in [6.07, 6.45) is 1.11. The zero-order valence-corrected chi connectivity index (χ0v) is 21.0. The number of halogens is 1. The molecule has 1 amide bonds. The Morgan fingerprint density at radius 2 is 1.75 bits per heavy atom. The fourth-order valence-corrected chi connectivity index (χ4v) is 5.26. The molecule has 0 N–H and O–H groups in total. The largest absolute Gasteiger partial charge is 0.494 e. The summed E-state index contributed by atoms with van der Waals surface area (Å²) in [5, 5.41) is 0.514. The van der Waals surface area contributed by atoms with E-state index in [0.29, 0.717) is 29.5 Å². The van der Waals surface area contributed by atoms with Crippen LogP contribution in [0.5, 0.6) is 5.75 Å². The monoisotopic (exact) mass is 497 g/mol. The van der Waals surface area contributed by atoms with Crippen molar-refractivity contribution in [2.24, 2.45) is 0 Å². The van der Waals surface area contributed by atoms with Crippen molar-refractivity contribution in [3.05, 3.63) is 48.0 Å². The van der Waals surface area contributed by atoms with E-state index in [-0.39, 0.29) is 28.8 Å². The zero-order valence-electron chi connectivity index (χ0n) is 18.6. The van der Waals surface area contributed by atoms with Crippen LogP contribution in [0, 0.1) is 0 Å². The lowest BCUT2D eigenvalue weighted by Gasteiger charge is -2.25. The van der Waals surface area contributed by atoms with E-state index in [0.717, 1.165) is 24.0 Å². The number of thiazole rings is 1. The van der Waals surface area contributed by atoms with Crippen molar-refractivity contribution >= 4 is 54.8 Å². The van der Waals surface area contributed by atoms with Gasteiger partial charge in [-0.3, -0.25) is 9.69 Å². The second-order valence-electron chi connectivity index (χ2n) is 7.06. The van der Waals surface area contributed by atoms with Crippen molar-refractivity contribution in [2.45, 2.75) is 18.7 Å². The van der Waals surface area contributed by atoms with Crippen LogP contribution in [0.15, 0.2) is 47.4 Å². The number of anilines is 1. The van der Waals surface area contributed by atoms with E-state index in [1.165, 1.54) is 17.4 Å². The molecule has 0 saturated heterocycles. The van der Waals surface area contributed by atoms with Gasteiger partial charge in [0.05, 0.1) is 22.3 Å². The second kappa shape index (κ2) is 11.1. The van der Waals surface area contributed by atoms with Crippen molar-refractivity contribution < 1.29 is 17.9 Å². The van der Waals surface area contributed by atoms with Gasteiger partial charge in [-0.15, -0.1) is 12.4 Å². The maximum Gasteiger partial charge on any atom is 0.261 e. The number of ether oxygens (including phenoxy) is 1. The minimum atomic E-state index is -3.57. The molecule has 0 radical (unpaired) electrons. The molecule has 0 fully saturated rings. The van der Waals surface area contributed by atoms with Gasteiger partial charge in [0, 0.05) is 19.3 Å². The summed E-state index contributed by atoms with van der Waals surface area (Å²) in [7, 11) is -1.98. The normalized spacial score (nSPS) is 11.4. The van der Waals surface area contributed by atoms with Gasteiger partial charge >= 0.3 is 0 Å². The van der Waals surface area contributed by atoms with Gasteiger partial charge in [-0.1, -0.05) is 43.4 Å². The molecule has 0 unspecified atom stereocenters. The summed E-state index contributed by atoms with van der Waals surface area (Å²) in [6.45, 7) is 6.88. The number of amides is 1. The Morgan fingerprint density at radius 1 is 1.06 bits per heavy atom. The molecule has 1 aromatic heterocycles. The highest BCUT2D eigenvalue weighted by Crippen LogP contribution is 2.35. The van der Waals surface area contributed by atoms with Crippen molar-refractivity contribution in [1.29, 1.82) is 0 Å². The van der Waals surface area contributed by atoms with Crippen molar-refractivity contribution in [3.8, 4) is 5.75 Å². The first-order valence-electron chi connectivity index (χ1n) is 10.1. The predicted molar refractivity (Wildman–Crippen MR) is 132 cm³/mol. The third-order valence-electron chi connectivity index (χ3n) is 5.12. The van der Waals surface area contributed by atoms with Crippen LogP contribution in [-0.2, 0) is 9.84 Å². The topological polar surface area (TPSA) is 79.8 Å². The SMILES string of the molecule is CCN(CC)CCN(C(=O)c1ccccc1S(C)(=O)=O)c1nc2c(OC)cccc2s1.Cl. The number of hydrogen-bond acceptors (Lipinski definition) is 7. The van der Waals surface area contributed by atoms with Gasteiger partial charge in [0.1, 0.15) is 11.3 Å². The lowest BCUT2D eigenvalue weighted by atomic mass is 10.2. The van der Waals surface area contributed by atoms with Crippen LogP contribution in [0.4, 0.5) is 5.13 Å².